The highest BCUT2D eigenvalue weighted by Crippen LogP contribution is 2.22. The number of aromatic nitrogens is 2. The largest absolute Gasteiger partial charge is 0.233 e. The smallest absolute Gasteiger partial charge is 0.127 e. The van der Waals surface area contributed by atoms with Crippen LogP contribution in [0.15, 0.2) is 28.9 Å². The fraction of sp³-hybridized carbons (Fsp3) is 0.0909. The van der Waals surface area contributed by atoms with Crippen molar-refractivity contribution >= 4 is 15.9 Å². The summed E-state index contributed by atoms with van der Waals surface area (Å²) in [6.07, 6.45) is 0. The van der Waals surface area contributed by atoms with Crippen LogP contribution in [0.2, 0.25) is 0 Å². The predicted octanol–water partition coefficient (Wildman–Crippen LogP) is 3.49. The molecule has 0 N–H and O–H groups in total. The Labute approximate surface area is 99.5 Å². The maximum Gasteiger partial charge on any atom is 0.127 e. The molecule has 0 saturated heterocycles. The van der Waals surface area contributed by atoms with Crippen molar-refractivity contribution in [2.24, 2.45) is 0 Å². The first-order valence-corrected chi connectivity index (χ1v) is 5.31. The van der Waals surface area contributed by atoms with Gasteiger partial charge in [-0.15, -0.1) is 0 Å². The van der Waals surface area contributed by atoms with E-state index in [2.05, 4.69) is 25.9 Å². The van der Waals surface area contributed by atoms with Gasteiger partial charge in [-0.05, 0) is 41.1 Å². The van der Waals surface area contributed by atoms with Crippen molar-refractivity contribution in [2.45, 2.75) is 6.92 Å². The van der Waals surface area contributed by atoms with Crippen LogP contribution in [0, 0.1) is 18.6 Å². The van der Waals surface area contributed by atoms with Gasteiger partial charge in [0.2, 0.25) is 0 Å². The van der Waals surface area contributed by atoms with Crippen molar-refractivity contribution in [3.05, 3.63) is 46.3 Å². The van der Waals surface area contributed by atoms with Crippen LogP contribution in [0.5, 0.6) is 0 Å². The molecule has 0 atom stereocenters. The van der Waals surface area contributed by atoms with Crippen molar-refractivity contribution in [3.8, 4) is 11.3 Å². The lowest BCUT2D eigenvalue weighted by atomic mass is 10.1. The van der Waals surface area contributed by atoms with E-state index in [1.54, 1.807) is 13.0 Å². The van der Waals surface area contributed by atoms with E-state index in [0.29, 0.717) is 21.7 Å². The molecule has 0 saturated carbocycles. The summed E-state index contributed by atoms with van der Waals surface area (Å²) in [6, 6.07) is 4.91. The van der Waals surface area contributed by atoms with Gasteiger partial charge in [-0.3, -0.25) is 0 Å². The number of halogens is 3. The lowest BCUT2D eigenvalue weighted by Crippen LogP contribution is -1.93. The molecule has 2 aromatic rings. The minimum absolute atomic E-state index is 0.392. The first-order chi connectivity index (χ1) is 7.54. The maximum atomic E-state index is 13.0. The fourth-order valence-corrected chi connectivity index (χ4v) is 1.85. The molecule has 1 aromatic heterocycles. The van der Waals surface area contributed by atoms with Crippen molar-refractivity contribution < 1.29 is 8.78 Å². The van der Waals surface area contributed by atoms with E-state index in [1.165, 1.54) is 12.1 Å². The molecule has 0 aliphatic carbocycles. The summed E-state index contributed by atoms with van der Waals surface area (Å²) < 4.78 is 26.6. The molecule has 0 unspecified atom stereocenters. The van der Waals surface area contributed by atoms with Crippen molar-refractivity contribution in [3.63, 3.8) is 0 Å². The zero-order valence-electron chi connectivity index (χ0n) is 8.34. The molecule has 0 fully saturated rings. The Morgan fingerprint density at radius 2 is 1.62 bits per heavy atom. The van der Waals surface area contributed by atoms with E-state index in [1.807, 2.05) is 0 Å². The summed E-state index contributed by atoms with van der Waals surface area (Å²) in [5, 5.41) is 0. The summed E-state index contributed by atoms with van der Waals surface area (Å²) in [5.41, 5.74) is 0.876. The summed E-state index contributed by atoms with van der Waals surface area (Å²) in [5.74, 6) is -0.709. The van der Waals surface area contributed by atoms with Gasteiger partial charge in [0.25, 0.3) is 0 Å². The van der Waals surface area contributed by atoms with Crippen LogP contribution in [0.4, 0.5) is 8.78 Å². The van der Waals surface area contributed by atoms with E-state index in [-0.39, 0.29) is 0 Å². The molecule has 2 nitrogen and oxygen atoms in total. The van der Waals surface area contributed by atoms with Crippen molar-refractivity contribution in [1.82, 2.24) is 9.97 Å². The van der Waals surface area contributed by atoms with Crippen LogP contribution in [0.3, 0.4) is 0 Å². The molecule has 0 aliphatic rings. The Balaban J connectivity index is 2.57. The Bertz CT molecular complexity index is 454. The zero-order valence-corrected chi connectivity index (χ0v) is 9.92. The highest BCUT2D eigenvalue weighted by molar-refractivity contribution is 9.10. The molecular weight excluding hydrogens is 278 g/mol. The maximum absolute atomic E-state index is 13.0. The summed E-state index contributed by atoms with van der Waals surface area (Å²) in [7, 11) is 0. The average Bonchev–Trinajstić information content (AvgIpc) is 2.14. The molecule has 0 aliphatic heterocycles. The zero-order chi connectivity index (χ0) is 11.7. The third-order valence-corrected chi connectivity index (χ3v) is 2.37. The quantitative estimate of drug-likeness (QED) is 0.749. The molecule has 0 radical (unpaired) electrons. The van der Waals surface area contributed by atoms with E-state index in [4.69, 9.17) is 0 Å². The monoisotopic (exact) mass is 284 g/mol. The van der Waals surface area contributed by atoms with Gasteiger partial charge in [0, 0.05) is 11.6 Å². The highest BCUT2D eigenvalue weighted by atomic mass is 79.9. The van der Waals surface area contributed by atoms with Gasteiger partial charge in [-0.2, -0.15) is 0 Å². The van der Waals surface area contributed by atoms with Gasteiger partial charge < -0.3 is 0 Å². The average molecular weight is 285 g/mol. The van der Waals surface area contributed by atoms with Crippen LogP contribution in [0.25, 0.3) is 11.3 Å². The van der Waals surface area contributed by atoms with Crippen LogP contribution in [0.1, 0.15) is 5.82 Å². The van der Waals surface area contributed by atoms with E-state index in [0.717, 1.165) is 6.07 Å². The Kier molecular flexibility index (Phi) is 2.96. The number of nitrogens with zero attached hydrogens (tertiary/aromatic N) is 2. The summed E-state index contributed by atoms with van der Waals surface area (Å²) >= 11 is 3.21. The number of aryl methyl sites for hydroxylation is 1. The molecule has 0 amide bonds. The van der Waals surface area contributed by atoms with Crippen LogP contribution in [-0.2, 0) is 0 Å². The van der Waals surface area contributed by atoms with Crippen LogP contribution in [-0.4, -0.2) is 9.97 Å². The molecule has 0 bridgehead atoms. The molecular formula is C11H7BrF2N2. The van der Waals surface area contributed by atoms with Crippen LogP contribution >= 0.6 is 15.9 Å². The molecule has 16 heavy (non-hydrogen) atoms. The normalized spacial score (nSPS) is 10.5. The van der Waals surface area contributed by atoms with E-state index >= 15 is 0 Å². The van der Waals surface area contributed by atoms with Gasteiger partial charge in [0.1, 0.15) is 22.1 Å². The third-order valence-electron chi connectivity index (χ3n) is 1.97. The minimum atomic E-state index is -0.623. The summed E-state index contributed by atoms with van der Waals surface area (Å²) in [6.45, 7) is 1.71. The second kappa shape index (κ2) is 4.25. The lowest BCUT2D eigenvalue weighted by Gasteiger charge is -2.03. The molecule has 2 rings (SSSR count). The predicted molar refractivity (Wildman–Crippen MR) is 59.8 cm³/mol. The Morgan fingerprint density at radius 1 is 1.00 bits per heavy atom. The number of hydrogen-bond donors (Lipinski definition) is 0. The molecule has 0 spiro atoms. The highest BCUT2D eigenvalue weighted by Gasteiger charge is 2.06. The standard InChI is InChI=1S/C11H7BrF2N2/c1-6-15-10(5-11(12)16-6)7-2-8(13)4-9(14)3-7/h2-5H,1H3. The first-order valence-electron chi connectivity index (χ1n) is 4.52. The minimum Gasteiger partial charge on any atom is -0.233 e. The summed E-state index contributed by atoms with van der Waals surface area (Å²) in [4.78, 5) is 8.13. The van der Waals surface area contributed by atoms with Gasteiger partial charge >= 0.3 is 0 Å². The first kappa shape index (κ1) is 11.1. The number of hydrogen-bond acceptors (Lipinski definition) is 2. The van der Waals surface area contributed by atoms with Gasteiger partial charge in [-0.25, -0.2) is 18.7 Å². The van der Waals surface area contributed by atoms with Gasteiger partial charge in [0.05, 0.1) is 5.69 Å². The van der Waals surface area contributed by atoms with Crippen molar-refractivity contribution in [2.75, 3.05) is 0 Å². The lowest BCUT2D eigenvalue weighted by molar-refractivity contribution is 0.584. The van der Waals surface area contributed by atoms with Crippen LogP contribution < -0.4 is 0 Å². The fourth-order valence-electron chi connectivity index (χ4n) is 1.38. The third kappa shape index (κ3) is 2.41. The van der Waals surface area contributed by atoms with E-state index < -0.39 is 11.6 Å². The topological polar surface area (TPSA) is 25.8 Å². The van der Waals surface area contributed by atoms with Crippen molar-refractivity contribution in [1.29, 1.82) is 0 Å². The Hall–Kier alpha value is -1.36. The number of benzene rings is 1. The number of rotatable bonds is 1. The molecule has 82 valence electrons. The molecule has 5 heteroatoms. The molecule has 1 aromatic carbocycles. The second-order valence-corrected chi connectivity index (χ2v) is 4.09. The molecule has 1 heterocycles. The van der Waals surface area contributed by atoms with E-state index in [9.17, 15) is 8.78 Å². The van der Waals surface area contributed by atoms with Gasteiger partial charge in [-0.1, -0.05) is 0 Å². The SMILES string of the molecule is Cc1nc(Br)cc(-c2cc(F)cc(F)c2)n1. The Morgan fingerprint density at radius 3 is 2.19 bits per heavy atom. The second-order valence-electron chi connectivity index (χ2n) is 3.28. The van der Waals surface area contributed by atoms with Gasteiger partial charge in [0.15, 0.2) is 0 Å².